The van der Waals surface area contributed by atoms with Crippen LogP contribution in [0.25, 0.3) is 0 Å². The molecule has 0 aliphatic heterocycles. The van der Waals surface area contributed by atoms with Gasteiger partial charge in [0, 0.05) is 31.6 Å². The van der Waals surface area contributed by atoms with Crippen LogP contribution in [-0.2, 0) is 6.42 Å². The van der Waals surface area contributed by atoms with Gasteiger partial charge in [0.1, 0.15) is 17.5 Å². The third-order valence-electron chi connectivity index (χ3n) is 3.59. The van der Waals surface area contributed by atoms with E-state index in [0.717, 1.165) is 42.4 Å². The summed E-state index contributed by atoms with van der Waals surface area (Å²) in [5.41, 5.74) is 1.08. The number of anilines is 2. The van der Waals surface area contributed by atoms with Gasteiger partial charge in [0.25, 0.3) is 0 Å². The fourth-order valence-electron chi connectivity index (χ4n) is 2.27. The fourth-order valence-corrected chi connectivity index (χ4v) is 2.27. The topological polar surface area (TPSA) is 53.1 Å². The number of hydrogen-bond donors (Lipinski definition) is 2. The Kier molecular flexibility index (Phi) is 6.89. The normalized spacial score (nSPS) is 12.8. The highest BCUT2D eigenvalue weighted by molar-refractivity contribution is 5.57. The van der Waals surface area contributed by atoms with Gasteiger partial charge in [-0.25, -0.2) is 9.97 Å². The molecule has 0 fully saturated rings. The summed E-state index contributed by atoms with van der Waals surface area (Å²) in [6.07, 6.45) is 1.96. The van der Waals surface area contributed by atoms with Crippen molar-refractivity contribution in [1.82, 2.24) is 14.9 Å². The van der Waals surface area contributed by atoms with E-state index in [9.17, 15) is 0 Å². The molecule has 0 spiro atoms. The van der Waals surface area contributed by atoms with E-state index in [4.69, 9.17) is 4.98 Å². The summed E-state index contributed by atoms with van der Waals surface area (Å²) < 4.78 is 0. The molecule has 0 saturated carbocycles. The van der Waals surface area contributed by atoms with Crippen molar-refractivity contribution in [3.63, 3.8) is 0 Å². The van der Waals surface area contributed by atoms with E-state index in [1.807, 2.05) is 7.05 Å². The zero-order valence-corrected chi connectivity index (χ0v) is 14.6. The summed E-state index contributed by atoms with van der Waals surface area (Å²) in [4.78, 5) is 11.5. The third-order valence-corrected chi connectivity index (χ3v) is 3.59. The highest BCUT2D eigenvalue weighted by Crippen LogP contribution is 2.22. The van der Waals surface area contributed by atoms with Crippen LogP contribution in [0, 0.1) is 12.8 Å². The van der Waals surface area contributed by atoms with Crippen molar-refractivity contribution in [2.75, 3.05) is 38.3 Å². The van der Waals surface area contributed by atoms with E-state index in [-0.39, 0.29) is 0 Å². The van der Waals surface area contributed by atoms with Gasteiger partial charge in [0.05, 0.1) is 0 Å². The van der Waals surface area contributed by atoms with Crippen LogP contribution in [0.2, 0.25) is 0 Å². The van der Waals surface area contributed by atoms with E-state index in [0.29, 0.717) is 12.0 Å². The predicted octanol–water partition coefficient (Wildman–Crippen LogP) is 2.78. The lowest BCUT2D eigenvalue weighted by molar-refractivity contribution is 0.344. The predicted molar refractivity (Wildman–Crippen MR) is 91.1 cm³/mol. The van der Waals surface area contributed by atoms with Crippen LogP contribution in [-0.4, -0.2) is 48.6 Å². The van der Waals surface area contributed by atoms with Crippen molar-refractivity contribution in [3.8, 4) is 0 Å². The number of nitrogens with one attached hydrogen (secondary N) is 2. The molecule has 0 saturated heterocycles. The minimum Gasteiger partial charge on any atom is -0.373 e. The zero-order valence-electron chi connectivity index (χ0n) is 14.6. The fraction of sp³-hybridized carbons (Fsp3) is 0.750. The van der Waals surface area contributed by atoms with E-state index in [2.05, 4.69) is 62.3 Å². The van der Waals surface area contributed by atoms with Crippen molar-refractivity contribution in [1.29, 1.82) is 0 Å². The summed E-state index contributed by atoms with van der Waals surface area (Å²) >= 11 is 0. The Labute approximate surface area is 129 Å². The monoisotopic (exact) mass is 293 g/mol. The first-order valence-corrected chi connectivity index (χ1v) is 7.85. The molecule has 0 aliphatic carbocycles. The first kappa shape index (κ1) is 17.7. The summed E-state index contributed by atoms with van der Waals surface area (Å²) in [5, 5.41) is 6.79. The number of likely N-dealkylation sites (N-methyl/N-ethyl adjacent to an activating group) is 1. The molecule has 1 unspecified atom stereocenters. The molecule has 2 N–H and O–H groups in total. The molecule has 1 atom stereocenters. The van der Waals surface area contributed by atoms with Crippen LogP contribution in [0.15, 0.2) is 0 Å². The molecule has 0 bridgehead atoms. The maximum absolute atomic E-state index is 4.72. The van der Waals surface area contributed by atoms with Crippen LogP contribution in [0.1, 0.15) is 38.6 Å². The second-order valence-corrected chi connectivity index (χ2v) is 6.22. The second kappa shape index (κ2) is 8.17. The van der Waals surface area contributed by atoms with Gasteiger partial charge in [-0.2, -0.15) is 0 Å². The van der Waals surface area contributed by atoms with Gasteiger partial charge in [0.15, 0.2) is 0 Å². The van der Waals surface area contributed by atoms with Gasteiger partial charge in [0.2, 0.25) is 0 Å². The average Bonchev–Trinajstić information content (AvgIpc) is 2.40. The van der Waals surface area contributed by atoms with Crippen LogP contribution < -0.4 is 10.6 Å². The van der Waals surface area contributed by atoms with Gasteiger partial charge in [-0.3, -0.25) is 0 Å². The molecule has 1 aromatic heterocycles. The van der Waals surface area contributed by atoms with Crippen molar-refractivity contribution in [3.05, 3.63) is 11.4 Å². The summed E-state index contributed by atoms with van der Waals surface area (Å²) in [6.45, 7) is 9.68. The molecule has 0 radical (unpaired) electrons. The Morgan fingerprint density at radius 3 is 2.24 bits per heavy atom. The first-order chi connectivity index (χ1) is 9.88. The minimum absolute atomic E-state index is 0.368. The molecular weight excluding hydrogens is 262 g/mol. The van der Waals surface area contributed by atoms with E-state index < -0.39 is 0 Å². The average molecular weight is 293 g/mol. The molecule has 1 heterocycles. The molecule has 0 aliphatic rings. The van der Waals surface area contributed by atoms with E-state index >= 15 is 0 Å². The van der Waals surface area contributed by atoms with Crippen LogP contribution in [0.3, 0.4) is 0 Å². The number of aromatic nitrogens is 2. The van der Waals surface area contributed by atoms with Gasteiger partial charge >= 0.3 is 0 Å². The molecule has 5 nitrogen and oxygen atoms in total. The molecule has 120 valence electrons. The van der Waals surface area contributed by atoms with Crippen molar-refractivity contribution in [2.24, 2.45) is 5.92 Å². The highest BCUT2D eigenvalue weighted by Gasteiger charge is 2.18. The summed E-state index contributed by atoms with van der Waals surface area (Å²) in [6, 6.07) is 0.368. The van der Waals surface area contributed by atoms with Crippen molar-refractivity contribution < 1.29 is 0 Å². The molecule has 0 amide bonds. The maximum atomic E-state index is 4.72. The Hall–Kier alpha value is -1.36. The minimum atomic E-state index is 0.368. The van der Waals surface area contributed by atoms with Gasteiger partial charge < -0.3 is 15.5 Å². The number of nitrogens with zero attached hydrogens (tertiary/aromatic N) is 3. The number of rotatable bonds is 8. The standard InChI is InChI=1S/C16H31N5/c1-8-9-14-19-15(17-5)12(4)16(20-14)18-13(11(2)3)10-21(6)7/h11,13H,8-10H2,1-7H3,(H2,17,18,19,20). The molecule has 0 aromatic carbocycles. The lowest BCUT2D eigenvalue weighted by Gasteiger charge is -2.27. The SMILES string of the molecule is CCCc1nc(NC)c(C)c(NC(CN(C)C)C(C)C)n1. The maximum Gasteiger partial charge on any atom is 0.135 e. The molecular formula is C16H31N5. The quantitative estimate of drug-likeness (QED) is 0.772. The van der Waals surface area contributed by atoms with Crippen molar-refractivity contribution in [2.45, 2.75) is 46.6 Å². The second-order valence-electron chi connectivity index (χ2n) is 6.22. The number of hydrogen-bond acceptors (Lipinski definition) is 5. The van der Waals surface area contributed by atoms with Crippen LogP contribution >= 0.6 is 0 Å². The van der Waals surface area contributed by atoms with Crippen molar-refractivity contribution >= 4 is 11.6 Å². The van der Waals surface area contributed by atoms with Crippen LogP contribution in [0.5, 0.6) is 0 Å². The summed E-state index contributed by atoms with van der Waals surface area (Å²) in [5.74, 6) is 3.32. The molecule has 1 rings (SSSR count). The largest absolute Gasteiger partial charge is 0.373 e. The lowest BCUT2D eigenvalue weighted by Crippen LogP contribution is -2.37. The Morgan fingerprint density at radius 2 is 1.76 bits per heavy atom. The Bertz CT molecular complexity index is 443. The Morgan fingerprint density at radius 1 is 1.14 bits per heavy atom. The van der Waals surface area contributed by atoms with Gasteiger partial charge in [-0.05, 0) is 33.4 Å². The highest BCUT2D eigenvalue weighted by atomic mass is 15.1. The Balaban J connectivity index is 3.06. The van der Waals surface area contributed by atoms with Crippen LogP contribution in [0.4, 0.5) is 11.6 Å². The van der Waals surface area contributed by atoms with E-state index in [1.165, 1.54) is 0 Å². The lowest BCUT2D eigenvalue weighted by atomic mass is 10.0. The molecule has 1 aromatic rings. The summed E-state index contributed by atoms with van der Waals surface area (Å²) in [7, 11) is 6.12. The third kappa shape index (κ3) is 5.16. The first-order valence-electron chi connectivity index (χ1n) is 7.85. The smallest absolute Gasteiger partial charge is 0.135 e. The molecule has 5 heteroatoms. The van der Waals surface area contributed by atoms with E-state index in [1.54, 1.807) is 0 Å². The number of aryl methyl sites for hydroxylation is 1. The van der Waals surface area contributed by atoms with Gasteiger partial charge in [-0.15, -0.1) is 0 Å². The van der Waals surface area contributed by atoms with Gasteiger partial charge in [-0.1, -0.05) is 20.8 Å². The zero-order chi connectivity index (χ0) is 16.0. The molecule has 21 heavy (non-hydrogen) atoms.